The Bertz CT molecular complexity index is 3240. The van der Waals surface area contributed by atoms with Crippen LogP contribution in [0.5, 0.6) is 11.5 Å². The number of anilines is 1. The van der Waals surface area contributed by atoms with Crippen LogP contribution in [-0.4, -0.2) is 75.1 Å². The molecule has 7 aromatic rings. The van der Waals surface area contributed by atoms with Gasteiger partial charge < -0.3 is 34.8 Å². The standard InChI is InChI=1S/C58H47N5O11S2/c1-36(64)71-46-31-30-40(33-47(46)72-37(2)65)55(68)70-32-18-23-41-34-75-54-49(53(67)63(54)50(41)56(69)73-51(38-19-8-3-9-20-38)39-21-10-4-11-22-39)61-52(66)48(45-35-76-57(59)60-45)62-74-58(42-24-12-5-13-25-42,43-26-14-6-15-27-43)44-28-16-7-17-29-44/h3-31,33,35,49,51,54H,32,34H2,1-2H3,(H2,59,60)(H,61,66)/b23-18+,62-48-/t49?,54-/m0/s1. The van der Waals surface area contributed by atoms with Gasteiger partial charge in [0.05, 0.1) is 5.56 Å². The quantitative estimate of drug-likeness (QED) is 0.0205. The molecule has 2 atom stereocenters. The number of allylic oxidation sites excluding steroid dienone is 1. The van der Waals surface area contributed by atoms with E-state index in [9.17, 15) is 28.8 Å². The number of oxime groups is 1. The van der Waals surface area contributed by atoms with E-state index in [2.05, 4.69) is 15.5 Å². The van der Waals surface area contributed by atoms with Gasteiger partial charge >= 0.3 is 23.9 Å². The lowest BCUT2D eigenvalue weighted by Gasteiger charge is -2.49. The summed E-state index contributed by atoms with van der Waals surface area (Å²) in [6.07, 6.45) is 2.18. The van der Waals surface area contributed by atoms with Gasteiger partial charge in [0, 0.05) is 41.7 Å². The summed E-state index contributed by atoms with van der Waals surface area (Å²) in [5, 5.41) is 8.40. The minimum absolute atomic E-state index is 0.00634. The van der Waals surface area contributed by atoms with Crippen molar-refractivity contribution < 1.29 is 52.6 Å². The van der Waals surface area contributed by atoms with Crippen molar-refractivity contribution in [2.45, 2.75) is 37.0 Å². The number of ether oxygens (including phenoxy) is 4. The Balaban J connectivity index is 1.02. The molecule has 0 aliphatic carbocycles. The van der Waals surface area contributed by atoms with Crippen LogP contribution in [0, 0.1) is 0 Å². The SMILES string of the molecule is CC(=O)Oc1ccc(C(=O)OC/C=C/C2=C(C(=O)OC(c3ccccc3)c3ccccc3)N3C(=O)C(NC(=O)/C(=N\OC(c4ccccc4)(c4ccccc4)c4ccccc4)c4csc(N)n4)[C@@H]3SC2)cc1OC(C)=O. The molecule has 382 valence electrons. The summed E-state index contributed by atoms with van der Waals surface area (Å²) < 4.78 is 22.1. The summed E-state index contributed by atoms with van der Waals surface area (Å²) in [6.45, 7) is 2.04. The van der Waals surface area contributed by atoms with Gasteiger partial charge in [-0.3, -0.25) is 24.1 Å². The molecular formula is C58H47N5O11S2. The molecule has 0 spiro atoms. The summed E-state index contributed by atoms with van der Waals surface area (Å²) >= 11 is 2.38. The molecule has 1 fully saturated rings. The molecule has 0 radical (unpaired) electrons. The Hall–Kier alpha value is -9.13. The van der Waals surface area contributed by atoms with E-state index >= 15 is 0 Å². The average molecular weight is 1050 g/mol. The largest absolute Gasteiger partial charge is 0.458 e. The lowest BCUT2D eigenvalue weighted by molar-refractivity contribution is -0.154. The predicted molar refractivity (Wildman–Crippen MR) is 285 cm³/mol. The number of esters is 4. The fourth-order valence-corrected chi connectivity index (χ4v) is 10.5. The first kappa shape index (κ1) is 51.8. The number of thioether (sulfide) groups is 1. The molecule has 18 heteroatoms. The van der Waals surface area contributed by atoms with E-state index in [0.717, 1.165) is 35.0 Å². The van der Waals surface area contributed by atoms with Gasteiger partial charge in [0.2, 0.25) is 5.60 Å². The van der Waals surface area contributed by atoms with E-state index in [1.807, 2.05) is 152 Å². The van der Waals surface area contributed by atoms with Crippen molar-refractivity contribution in [1.82, 2.24) is 15.2 Å². The number of nitrogen functional groups attached to an aromatic ring is 1. The van der Waals surface area contributed by atoms with Crippen molar-refractivity contribution in [2.24, 2.45) is 5.16 Å². The molecule has 0 saturated carbocycles. The van der Waals surface area contributed by atoms with Crippen molar-refractivity contribution in [1.29, 1.82) is 0 Å². The normalized spacial score (nSPS) is 15.3. The Morgan fingerprint density at radius 1 is 0.750 bits per heavy atom. The maximum Gasteiger partial charge on any atom is 0.356 e. The van der Waals surface area contributed by atoms with Gasteiger partial charge in [-0.1, -0.05) is 163 Å². The third-order valence-corrected chi connectivity index (χ3v) is 14.0. The van der Waals surface area contributed by atoms with Gasteiger partial charge in [-0.05, 0) is 41.0 Å². The third kappa shape index (κ3) is 11.3. The lowest BCUT2D eigenvalue weighted by Crippen LogP contribution is -2.71. The molecule has 1 unspecified atom stereocenters. The number of hydrogen-bond acceptors (Lipinski definition) is 16. The lowest BCUT2D eigenvalue weighted by atomic mass is 9.80. The second-order valence-electron chi connectivity index (χ2n) is 17.1. The fraction of sp³-hybridized carbons (Fsp3) is 0.138. The van der Waals surface area contributed by atoms with Gasteiger partial charge in [-0.25, -0.2) is 14.6 Å². The highest BCUT2D eigenvalue weighted by Crippen LogP contribution is 2.43. The second-order valence-corrected chi connectivity index (χ2v) is 19.1. The van der Waals surface area contributed by atoms with Gasteiger partial charge in [0.1, 0.15) is 29.4 Å². The van der Waals surface area contributed by atoms with E-state index in [1.54, 1.807) is 11.5 Å². The number of β-lactam (4-membered cyclic amide) rings is 1. The summed E-state index contributed by atoms with van der Waals surface area (Å²) in [4.78, 5) is 93.1. The molecule has 76 heavy (non-hydrogen) atoms. The van der Waals surface area contributed by atoms with Crippen LogP contribution in [0.4, 0.5) is 5.13 Å². The van der Waals surface area contributed by atoms with Crippen molar-refractivity contribution in [2.75, 3.05) is 18.1 Å². The Morgan fingerprint density at radius 2 is 1.29 bits per heavy atom. The van der Waals surface area contributed by atoms with Crippen molar-refractivity contribution in [3.05, 3.63) is 238 Å². The number of nitrogens with two attached hydrogens (primary N) is 1. The molecule has 2 aliphatic heterocycles. The molecule has 16 nitrogen and oxygen atoms in total. The van der Waals surface area contributed by atoms with Gasteiger partial charge in [-0.15, -0.1) is 23.1 Å². The van der Waals surface area contributed by atoms with Crippen molar-refractivity contribution in [3.8, 4) is 11.5 Å². The number of amides is 2. The zero-order valence-corrected chi connectivity index (χ0v) is 42.4. The second kappa shape index (κ2) is 23.4. The first-order chi connectivity index (χ1) is 36.9. The molecular weight excluding hydrogens is 1010 g/mol. The van der Waals surface area contributed by atoms with E-state index in [1.165, 1.54) is 47.9 Å². The van der Waals surface area contributed by atoms with Crippen LogP contribution in [0.3, 0.4) is 0 Å². The number of carbonyl (C=O) groups is 6. The monoisotopic (exact) mass is 1050 g/mol. The average Bonchev–Trinajstić information content (AvgIpc) is 3.91. The summed E-state index contributed by atoms with van der Waals surface area (Å²) in [6, 6.07) is 49.4. The number of hydrogen-bond donors (Lipinski definition) is 2. The van der Waals surface area contributed by atoms with E-state index < -0.39 is 58.8 Å². The number of fused-ring (bicyclic) bond motifs is 1. The van der Waals surface area contributed by atoms with Crippen LogP contribution < -0.4 is 20.5 Å². The van der Waals surface area contributed by atoms with Crippen LogP contribution in [0.1, 0.15) is 63.8 Å². The highest BCUT2D eigenvalue weighted by Gasteiger charge is 2.55. The van der Waals surface area contributed by atoms with Crippen LogP contribution in [0.25, 0.3) is 0 Å². The maximum atomic E-state index is 14.8. The third-order valence-electron chi connectivity index (χ3n) is 12.0. The number of nitrogens with one attached hydrogen (secondary N) is 1. The van der Waals surface area contributed by atoms with Crippen molar-refractivity contribution in [3.63, 3.8) is 0 Å². The maximum absolute atomic E-state index is 14.8. The Labute approximate surface area is 444 Å². The number of nitrogens with zero attached hydrogens (tertiary/aromatic N) is 3. The van der Waals surface area contributed by atoms with Crippen LogP contribution in [-0.2, 0) is 43.9 Å². The molecule has 1 aromatic heterocycles. The van der Waals surface area contributed by atoms with E-state index in [-0.39, 0.29) is 51.7 Å². The Kier molecular flexibility index (Phi) is 15.9. The fourth-order valence-electron chi connectivity index (χ4n) is 8.61. The molecule has 0 bridgehead atoms. The highest BCUT2D eigenvalue weighted by molar-refractivity contribution is 8.00. The number of aromatic nitrogens is 1. The zero-order chi connectivity index (χ0) is 53.2. The van der Waals surface area contributed by atoms with Gasteiger partial charge in [-0.2, -0.15) is 0 Å². The number of rotatable bonds is 18. The Morgan fingerprint density at radius 3 is 1.82 bits per heavy atom. The van der Waals surface area contributed by atoms with E-state index in [4.69, 9.17) is 29.5 Å². The zero-order valence-electron chi connectivity index (χ0n) is 40.8. The minimum Gasteiger partial charge on any atom is -0.458 e. The summed E-state index contributed by atoms with van der Waals surface area (Å²) in [5.41, 5.74) is 8.40. The van der Waals surface area contributed by atoms with Gasteiger partial charge in [0.25, 0.3) is 11.8 Å². The molecule has 1 saturated heterocycles. The number of thiazole rings is 1. The molecule has 3 heterocycles. The smallest absolute Gasteiger partial charge is 0.356 e. The summed E-state index contributed by atoms with van der Waals surface area (Å²) in [5.74, 6) is -4.47. The predicted octanol–water partition coefficient (Wildman–Crippen LogP) is 8.69. The van der Waals surface area contributed by atoms with E-state index in [0.29, 0.717) is 16.7 Å². The first-order valence-electron chi connectivity index (χ1n) is 23.7. The minimum atomic E-state index is -1.37. The summed E-state index contributed by atoms with van der Waals surface area (Å²) in [7, 11) is 0. The molecule has 6 aromatic carbocycles. The molecule has 3 N–H and O–H groups in total. The van der Waals surface area contributed by atoms with Crippen molar-refractivity contribution >= 4 is 69.6 Å². The van der Waals surface area contributed by atoms with Crippen LogP contribution in [0.15, 0.2) is 204 Å². The van der Waals surface area contributed by atoms with Crippen LogP contribution >= 0.6 is 23.1 Å². The topological polar surface area (TPSA) is 215 Å². The highest BCUT2D eigenvalue weighted by atomic mass is 32.2. The number of carbonyl (C=O) groups excluding carboxylic acids is 6. The first-order valence-corrected chi connectivity index (χ1v) is 25.6. The molecule has 9 rings (SSSR count). The molecule has 2 amide bonds. The molecule has 2 aliphatic rings. The van der Waals surface area contributed by atoms with Crippen LogP contribution in [0.2, 0.25) is 0 Å². The number of benzene rings is 6. The van der Waals surface area contributed by atoms with Gasteiger partial charge in [0.15, 0.2) is 28.4 Å².